The summed E-state index contributed by atoms with van der Waals surface area (Å²) in [7, 11) is 1.87. The molecule has 0 saturated heterocycles. The molecule has 0 atom stereocenters. The normalized spacial score (nSPS) is 10.0. The molecule has 1 rings (SSSR count). The summed E-state index contributed by atoms with van der Waals surface area (Å²) in [6.07, 6.45) is 3.30. The Hall–Kier alpha value is -1.13. The molecule has 0 aliphatic rings. The summed E-state index contributed by atoms with van der Waals surface area (Å²) in [5, 5.41) is 3.03. The van der Waals surface area contributed by atoms with Crippen LogP contribution in [0, 0.1) is 5.82 Å². The number of unbranched alkanes of at least 4 members (excludes halogenated alkanes) is 1. The minimum atomic E-state index is -0.239. The lowest BCUT2D eigenvalue weighted by atomic mass is 10.1. The highest BCUT2D eigenvalue weighted by molar-refractivity contribution is 5.85. The van der Waals surface area contributed by atoms with Gasteiger partial charge in [-0.05, 0) is 32.5 Å². The number of benzene rings is 1. The third-order valence-corrected chi connectivity index (χ3v) is 3.27. The van der Waals surface area contributed by atoms with E-state index in [1.165, 1.54) is 6.07 Å². The fourth-order valence-electron chi connectivity index (χ4n) is 2.05. The van der Waals surface area contributed by atoms with Crippen molar-refractivity contribution >= 4 is 18.3 Å². The van der Waals surface area contributed by atoms with Gasteiger partial charge in [-0.15, -0.1) is 12.4 Å². The molecule has 1 aromatic carbocycles. The summed E-state index contributed by atoms with van der Waals surface area (Å²) >= 11 is 0. The van der Waals surface area contributed by atoms with Crippen LogP contribution in [-0.4, -0.2) is 30.9 Å². The maximum atomic E-state index is 13.7. The van der Waals surface area contributed by atoms with Gasteiger partial charge in [0.15, 0.2) is 0 Å². The van der Waals surface area contributed by atoms with Crippen LogP contribution in [0.25, 0.3) is 0 Å². The molecule has 0 aliphatic heterocycles. The molecule has 0 aliphatic carbocycles. The monoisotopic (exact) mass is 316 g/mol. The SMILES string of the molecule is CCCCN(Cc1ccccc1F)C(=O)CCCNC.Cl. The molecule has 21 heavy (non-hydrogen) atoms. The second kappa shape index (κ2) is 11.5. The van der Waals surface area contributed by atoms with Crippen molar-refractivity contribution in [3.63, 3.8) is 0 Å². The number of nitrogens with one attached hydrogen (secondary N) is 1. The van der Waals surface area contributed by atoms with Crippen LogP contribution in [0.5, 0.6) is 0 Å². The first kappa shape index (κ1) is 19.9. The molecule has 0 aromatic heterocycles. The van der Waals surface area contributed by atoms with Crippen molar-refractivity contribution in [2.24, 2.45) is 0 Å². The Kier molecular flexibility index (Phi) is 10.9. The third-order valence-electron chi connectivity index (χ3n) is 3.27. The summed E-state index contributed by atoms with van der Waals surface area (Å²) in [6, 6.07) is 6.67. The number of hydrogen-bond donors (Lipinski definition) is 1. The molecule has 0 heterocycles. The van der Waals surface area contributed by atoms with Crippen LogP contribution in [0.1, 0.15) is 38.2 Å². The number of amides is 1. The van der Waals surface area contributed by atoms with Crippen LogP contribution in [-0.2, 0) is 11.3 Å². The fraction of sp³-hybridized carbons (Fsp3) is 0.562. The van der Waals surface area contributed by atoms with Crippen LogP contribution in [0.2, 0.25) is 0 Å². The van der Waals surface area contributed by atoms with Gasteiger partial charge >= 0.3 is 0 Å². The van der Waals surface area contributed by atoms with Crippen molar-refractivity contribution < 1.29 is 9.18 Å². The smallest absolute Gasteiger partial charge is 0.222 e. The van der Waals surface area contributed by atoms with Gasteiger partial charge in [0.25, 0.3) is 0 Å². The van der Waals surface area contributed by atoms with Gasteiger partial charge in [-0.25, -0.2) is 4.39 Å². The average molecular weight is 317 g/mol. The summed E-state index contributed by atoms with van der Waals surface area (Å²) < 4.78 is 13.7. The Labute approximate surface area is 133 Å². The molecule has 1 amide bonds. The predicted octanol–water partition coefficient (Wildman–Crippen LogP) is 3.38. The van der Waals surface area contributed by atoms with Crippen molar-refractivity contribution in [1.82, 2.24) is 10.2 Å². The van der Waals surface area contributed by atoms with Crippen LogP contribution in [0.3, 0.4) is 0 Å². The second-order valence-electron chi connectivity index (χ2n) is 4.97. The first-order valence-corrected chi connectivity index (χ1v) is 7.34. The zero-order valence-electron chi connectivity index (χ0n) is 12.9. The summed E-state index contributed by atoms with van der Waals surface area (Å²) in [5.41, 5.74) is 0.588. The number of carbonyl (C=O) groups is 1. The van der Waals surface area contributed by atoms with E-state index in [9.17, 15) is 9.18 Å². The summed E-state index contributed by atoms with van der Waals surface area (Å²) in [5.74, 6) is -0.131. The highest BCUT2D eigenvalue weighted by atomic mass is 35.5. The summed E-state index contributed by atoms with van der Waals surface area (Å²) in [6.45, 7) is 3.98. The maximum Gasteiger partial charge on any atom is 0.222 e. The Morgan fingerprint density at radius 3 is 2.62 bits per heavy atom. The molecule has 0 radical (unpaired) electrons. The van der Waals surface area contributed by atoms with Crippen molar-refractivity contribution in [2.75, 3.05) is 20.1 Å². The molecule has 0 spiro atoms. The van der Waals surface area contributed by atoms with Gasteiger partial charge in [-0.1, -0.05) is 31.5 Å². The Morgan fingerprint density at radius 1 is 1.29 bits per heavy atom. The van der Waals surface area contributed by atoms with Crippen molar-refractivity contribution in [1.29, 1.82) is 0 Å². The van der Waals surface area contributed by atoms with Crippen LogP contribution >= 0.6 is 12.4 Å². The number of nitrogens with zero attached hydrogens (tertiary/aromatic N) is 1. The minimum Gasteiger partial charge on any atom is -0.338 e. The minimum absolute atomic E-state index is 0. The van der Waals surface area contributed by atoms with E-state index in [0.29, 0.717) is 25.1 Å². The summed E-state index contributed by atoms with van der Waals surface area (Å²) in [4.78, 5) is 14.0. The zero-order chi connectivity index (χ0) is 14.8. The van der Waals surface area contributed by atoms with E-state index in [-0.39, 0.29) is 24.1 Å². The van der Waals surface area contributed by atoms with Crippen molar-refractivity contribution in [2.45, 2.75) is 39.2 Å². The van der Waals surface area contributed by atoms with E-state index >= 15 is 0 Å². The highest BCUT2D eigenvalue weighted by Gasteiger charge is 2.14. The molecule has 1 aromatic rings. The lowest BCUT2D eigenvalue weighted by Gasteiger charge is -2.23. The maximum absolute atomic E-state index is 13.7. The van der Waals surface area contributed by atoms with Crippen molar-refractivity contribution in [3.05, 3.63) is 35.6 Å². The van der Waals surface area contributed by atoms with E-state index in [1.54, 1.807) is 17.0 Å². The molecular weight excluding hydrogens is 291 g/mol. The molecule has 0 fully saturated rings. The molecule has 0 saturated carbocycles. The van der Waals surface area contributed by atoms with E-state index in [2.05, 4.69) is 12.2 Å². The van der Waals surface area contributed by atoms with E-state index < -0.39 is 0 Å². The van der Waals surface area contributed by atoms with E-state index in [0.717, 1.165) is 25.8 Å². The molecule has 3 nitrogen and oxygen atoms in total. The van der Waals surface area contributed by atoms with Crippen LogP contribution in [0.4, 0.5) is 4.39 Å². The van der Waals surface area contributed by atoms with E-state index in [1.807, 2.05) is 13.1 Å². The van der Waals surface area contributed by atoms with Gasteiger partial charge in [-0.2, -0.15) is 0 Å². The first-order valence-electron chi connectivity index (χ1n) is 7.34. The highest BCUT2D eigenvalue weighted by Crippen LogP contribution is 2.12. The van der Waals surface area contributed by atoms with Crippen LogP contribution < -0.4 is 5.32 Å². The quantitative estimate of drug-likeness (QED) is 0.708. The Balaban J connectivity index is 0.00000400. The number of halogens is 2. The van der Waals surface area contributed by atoms with Gasteiger partial charge < -0.3 is 10.2 Å². The Bertz CT molecular complexity index is 415. The number of hydrogen-bond acceptors (Lipinski definition) is 2. The fourth-order valence-corrected chi connectivity index (χ4v) is 2.05. The topological polar surface area (TPSA) is 32.3 Å². The first-order chi connectivity index (χ1) is 9.69. The van der Waals surface area contributed by atoms with Gasteiger partial charge in [0.05, 0.1) is 0 Å². The van der Waals surface area contributed by atoms with Crippen molar-refractivity contribution in [3.8, 4) is 0 Å². The van der Waals surface area contributed by atoms with Gasteiger partial charge in [0.2, 0.25) is 5.91 Å². The lowest BCUT2D eigenvalue weighted by Crippen LogP contribution is -2.32. The molecule has 5 heteroatoms. The molecule has 1 N–H and O–H groups in total. The largest absolute Gasteiger partial charge is 0.338 e. The number of carbonyl (C=O) groups excluding carboxylic acids is 1. The van der Waals surface area contributed by atoms with Gasteiger partial charge in [0, 0.05) is 25.1 Å². The number of rotatable bonds is 9. The Morgan fingerprint density at radius 2 is 2.00 bits per heavy atom. The second-order valence-corrected chi connectivity index (χ2v) is 4.97. The molecule has 0 unspecified atom stereocenters. The van der Waals surface area contributed by atoms with Gasteiger partial charge in [-0.3, -0.25) is 4.79 Å². The zero-order valence-corrected chi connectivity index (χ0v) is 13.7. The van der Waals surface area contributed by atoms with Gasteiger partial charge in [0.1, 0.15) is 5.82 Å². The van der Waals surface area contributed by atoms with E-state index in [4.69, 9.17) is 0 Å². The third kappa shape index (κ3) is 7.44. The molecule has 0 bridgehead atoms. The average Bonchev–Trinajstić information content (AvgIpc) is 2.45. The standard InChI is InChI=1S/C16H25FN2O.ClH/c1-3-4-12-19(16(20)10-7-11-18-2)13-14-8-5-6-9-15(14)17;/h5-6,8-9,18H,3-4,7,10-13H2,1-2H3;1H. The molecule has 120 valence electrons. The molecular formula is C16H26ClFN2O. The van der Waals surface area contributed by atoms with Crippen LogP contribution in [0.15, 0.2) is 24.3 Å². The predicted molar refractivity (Wildman–Crippen MR) is 87.1 cm³/mol. The lowest BCUT2D eigenvalue weighted by molar-refractivity contribution is -0.132.